The van der Waals surface area contributed by atoms with Gasteiger partial charge in [-0.1, -0.05) is 104 Å². The van der Waals surface area contributed by atoms with Crippen LogP contribution in [0.15, 0.2) is 71.1 Å². The maximum Gasteiger partial charge on any atom is 0.343 e. The Morgan fingerprint density at radius 1 is 0.587 bits per heavy atom. The van der Waals surface area contributed by atoms with Crippen LogP contribution in [0.1, 0.15) is 127 Å². The molecule has 0 atom stereocenters. The number of ether oxygens (including phenoxy) is 3. The molecule has 0 aliphatic heterocycles. The number of carbonyl (C=O) groups excluding carboxylic acids is 1. The first-order valence-electron chi connectivity index (χ1n) is 17.7. The van der Waals surface area contributed by atoms with Crippen molar-refractivity contribution in [3.63, 3.8) is 0 Å². The molecule has 248 valence electrons. The Hall–Kier alpha value is -3.80. The second-order valence-electron chi connectivity index (χ2n) is 12.2. The number of benzene rings is 3. The number of carbonyl (C=O) groups is 1. The highest BCUT2D eigenvalue weighted by molar-refractivity contribution is 5.91. The zero-order valence-corrected chi connectivity index (χ0v) is 28.1. The summed E-state index contributed by atoms with van der Waals surface area (Å²) in [6, 6.07) is 20.1. The molecule has 3 aromatic carbocycles. The van der Waals surface area contributed by atoms with Gasteiger partial charge in [-0.3, -0.25) is 0 Å². The summed E-state index contributed by atoms with van der Waals surface area (Å²) in [6.45, 7) is 5.89. The number of hydrogen-bond acceptors (Lipinski definition) is 6. The molecular weight excluding hydrogens is 574 g/mol. The molecule has 4 aromatic rings. The van der Waals surface area contributed by atoms with E-state index in [0.29, 0.717) is 36.0 Å². The Morgan fingerprint density at radius 3 is 1.67 bits per heavy atom. The predicted molar refractivity (Wildman–Crippen MR) is 187 cm³/mol. The molecule has 6 heteroatoms. The van der Waals surface area contributed by atoms with Crippen molar-refractivity contribution in [2.24, 2.45) is 0 Å². The maximum atomic E-state index is 12.7. The third kappa shape index (κ3) is 12.2. The number of esters is 1. The van der Waals surface area contributed by atoms with E-state index in [9.17, 15) is 4.79 Å². The van der Waals surface area contributed by atoms with Crippen LogP contribution in [-0.4, -0.2) is 24.2 Å². The second-order valence-corrected chi connectivity index (χ2v) is 12.2. The molecule has 1 heterocycles. The molecule has 1 aromatic heterocycles. The zero-order chi connectivity index (χ0) is 32.2. The van der Waals surface area contributed by atoms with Crippen molar-refractivity contribution < 1.29 is 23.4 Å². The van der Waals surface area contributed by atoms with Gasteiger partial charge in [-0.2, -0.15) is 0 Å². The van der Waals surface area contributed by atoms with Crippen molar-refractivity contribution in [1.82, 2.24) is 4.98 Å². The molecule has 6 nitrogen and oxygen atoms in total. The first-order valence-corrected chi connectivity index (χ1v) is 17.7. The molecule has 0 saturated carbocycles. The third-order valence-corrected chi connectivity index (χ3v) is 8.29. The van der Waals surface area contributed by atoms with Gasteiger partial charge in [0.25, 0.3) is 0 Å². The van der Waals surface area contributed by atoms with Crippen molar-refractivity contribution in [3.05, 3.63) is 72.3 Å². The topological polar surface area (TPSA) is 70.8 Å². The summed E-state index contributed by atoms with van der Waals surface area (Å²) in [5.74, 6) is 2.11. The van der Waals surface area contributed by atoms with Crippen molar-refractivity contribution in [2.75, 3.05) is 13.2 Å². The Balaban J connectivity index is 1.17. The van der Waals surface area contributed by atoms with Crippen LogP contribution in [0.4, 0.5) is 0 Å². The normalized spacial score (nSPS) is 11.2. The molecule has 46 heavy (non-hydrogen) atoms. The van der Waals surface area contributed by atoms with Crippen LogP contribution in [-0.2, 0) is 0 Å². The lowest BCUT2D eigenvalue weighted by atomic mass is 10.1. The van der Waals surface area contributed by atoms with Crippen LogP contribution in [0.5, 0.6) is 17.2 Å². The lowest BCUT2D eigenvalue weighted by Crippen LogP contribution is -2.08. The number of aromatic nitrogens is 1. The molecule has 0 radical (unpaired) electrons. The Kier molecular flexibility index (Phi) is 15.5. The number of nitrogens with zero attached hydrogens (tertiary/aromatic N) is 1. The Labute approximate surface area is 275 Å². The van der Waals surface area contributed by atoms with Gasteiger partial charge < -0.3 is 18.6 Å². The van der Waals surface area contributed by atoms with Crippen LogP contribution >= 0.6 is 0 Å². The monoisotopic (exact) mass is 627 g/mol. The maximum absolute atomic E-state index is 12.7. The second kappa shape index (κ2) is 20.3. The fourth-order valence-electron chi connectivity index (χ4n) is 5.49. The smallest absolute Gasteiger partial charge is 0.343 e. The van der Waals surface area contributed by atoms with Gasteiger partial charge in [0.2, 0.25) is 5.89 Å². The van der Waals surface area contributed by atoms with Crippen LogP contribution in [0.25, 0.3) is 22.6 Å². The quantitative estimate of drug-likeness (QED) is 0.0463. The molecule has 0 fully saturated rings. The highest BCUT2D eigenvalue weighted by Gasteiger charge is 2.12. The van der Waals surface area contributed by atoms with Gasteiger partial charge >= 0.3 is 5.97 Å². The van der Waals surface area contributed by atoms with Gasteiger partial charge in [-0.25, -0.2) is 9.78 Å². The molecule has 4 rings (SSSR count). The zero-order valence-electron chi connectivity index (χ0n) is 28.1. The van der Waals surface area contributed by atoms with E-state index in [1.165, 1.54) is 89.9 Å². The van der Waals surface area contributed by atoms with Crippen LogP contribution in [0.3, 0.4) is 0 Å². The lowest BCUT2D eigenvalue weighted by molar-refractivity contribution is 0.0734. The Bertz CT molecular complexity index is 1410. The predicted octanol–water partition coefficient (Wildman–Crippen LogP) is 11.8. The molecule has 0 unspecified atom stereocenters. The highest BCUT2D eigenvalue weighted by atomic mass is 16.5. The van der Waals surface area contributed by atoms with E-state index in [2.05, 4.69) is 18.8 Å². The largest absolute Gasteiger partial charge is 0.494 e. The molecule has 0 spiro atoms. The van der Waals surface area contributed by atoms with Crippen molar-refractivity contribution in [1.29, 1.82) is 0 Å². The fourth-order valence-corrected chi connectivity index (χ4v) is 5.49. The van der Waals surface area contributed by atoms with E-state index in [-0.39, 0.29) is 0 Å². The summed E-state index contributed by atoms with van der Waals surface area (Å²) < 4.78 is 23.5. The standard InChI is InChI=1S/C40H53NO5/c1-3-5-7-9-11-12-13-14-16-18-30-44-36-27-28-37-38(31-36)46-39(41-37)32-19-25-35(26-20-32)45-40(42)33-21-23-34(24-22-33)43-29-17-15-10-8-6-4-2/h19-28,31H,3-18,29-30H2,1-2H3. The van der Waals surface area contributed by atoms with E-state index in [0.717, 1.165) is 35.4 Å². The van der Waals surface area contributed by atoms with E-state index in [4.69, 9.17) is 18.6 Å². The molecule has 0 aliphatic carbocycles. The first-order chi connectivity index (χ1) is 22.7. The summed E-state index contributed by atoms with van der Waals surface area (Å²) in [4.78, 5) is 17.3. The minimum atomic E-state index is -0.414. The summed E-state index contributed by atoms with van der Waals surface area (Å²) in [5.41, 5.74) is 2.73. The van der Waals surface area contributed by atoms with E-state index >= 15 is 0 Å². The summed E-state index contributed by atoms with van der Waals surface area (Å²) >= 11 is 0. The number of oxazole rings is 1. The molecule has 0 saturated heterocycles. The fraction of sp³-hybridized carbons (Fsp3) is 0.500. The van der Waals surface area contributed by atoms with Crippen molar-refractivity contribution >= 4 is 17.1 Å². The minimum Gasteiger partial charge on any atom is -0.494 e. The summed E-state index contributed by atoms with van der Waals surface area (Å²) in [7, 11) is 0. The number of rotatable bonds is 23. The third-order valence-electron chi connectivity index (χ3n) is 8.29. The molecule has 0 amide bonds. The molecular formula is C40H53NO5. The van der Waals surface area contributed by atoms with Crippen LogP contribution < -0.4 is 14.2 Å². The van der Waals surface area contributed by atoms with Crippen molar-refractivity contribution in [3.8, 4) is 28.7 Å². The van der Waals surface area contributed by atoms with E-state index in [1.807, 2.05) is 42.5 Å². The minimum absolute atomic E-state index is 0.414. The van der Waals surface area contributed by atoms with Crippen LogP contribution in [0.2, 0.25) is 0 Å². The number of unbranched alkanes of at least 4 members (excludes halogenated alkanes) is 14. The number of hydrogen-bond donors (Lipinski definition) is 0. The SMILES string of the molecule is CCCCCCCCCCCCOc1ccc2nc(-c3ccc(OC(=O)c4ccc(OCCCCCCCC)cc4)cc3)oc2c1. The van der Waals surface area contributed by atoms with Gasteiger partial charge in [-0.05, 0) is 73.5 Å². The summed E-state index contributed by atoms with van der Waals surface area (Å²) in [6.07, 6.45) is 20.4. The van der Waals surface area contributed by atoms with Gasteiger partial charge in [0.15, 0.2) is 5.58 Å². The van der Waals surface area contributed by atoms with Gasteiger partial charge in [0.05, 0.1) is 18.8 Å². The van der Waals surface area contributed by atoms with E-state index in [1.54, 1.807) is 24.3 Å². The highest BCUT2D eigenvalue weighted by Crippen LogP contribution is 2.29. The molecule has 0 N–H and O–H groups in total. The first kappa shape index (κ1) is 35.1. The Morgan fingerprint density at radius 2 is 1.09 bits per heavy atom. The van der Waals surface area contributed by atoms with Crippen molar-refractivity contribution in [2.45, 2.75) is 117 Å². The average Bonchev–Trinajstić information content (AvgIpc) is 3.51. The molecule has 0 aliphatic rings. The van der Waals surface area contributed by atoms with Gasteiger partial charge in [0.1, 0.15) is 22.8 Å². The van der Waals surface area contributed by atoms with Crippen LogP contribution in [0, 0.1) is 0 Å². The van der Waals surface area contributed by atoms with Gasteiger partial charge in [-0.15, -0.1) is 0 Å². The molecule has 0 bridgehead atoms. The van der Waals surface area contributed by atoms with Gasteiger partial charge in [0, 0.05) is 11.6 Å². The summed E-state index contributed by atoms with van der Waals surface area (Å²) in [5, 5.41) is 0. The average molecular weight is 628 g/mol. The lowest BCUT2D eigenvalue weighted by Gasteiger charge is -2.08. The van der Waals surface area contributed by atoms with E-state index < -0.39 is 5.97 Å². The number of fused-ring (bicyclic) bond motifs is 1.